The van der Waals surface area contributed by atoms with Crippen molar-refractivity contribution in [2.45, 2.75) is 25.9 Å². The molecule has 0 atom stereocenters. The monoisotopic (exact) mass is 244 g/mol. The Morgan fingerprint density at radius 2 is 1.94 bits per heavy atom. The van der Waals surface area contributed by atoms with Gasteiger partial charge >= 0.3 is 6.18 Å². The number of rotatable bonds is 1. The lowest BCUT2D eigenvalue weighted by molar-refractivity contribution is -0.137. The second-order valence-electron chi connectivity index (χ2n) is 4.57. The van der Waals surface area contributed by atoms with Crippen LogP contribution in [0.15, 0.2) is 18.3 Å². The molecule has 0 unspecified atom stereocenters. The maximum Gasteiger partial charge on any atom is 0.416 e. The van der Waals surface area contributed by atoms with Gasteiger partial charge in [-0.25, -0.2) is 4.98 Å². The number of alkyl halides is 3. The molecule has 0 bridgehead atoms. The Kier molecular flexibility index (Phi) is 3.26. The number of pyridine rings is 1. The summed E-state index contributed by atoms with van der Waals surface area (Å²) in [6, 6.07) is 2.14. The van der Waals surface area contributed by atoms with Crippen LogP contribution in [0, 0.1) is 5.92 Å². The van der Waals surface area contributed by atoms with Crippen molar-refractivity contribution in [2.24, 2.45) is 5.92 Å². The summed E-state index contributed by atoms with van der Waals surface area (Å²) < 4.78 is 37.7. The van der Waals surface area contributed by atoms with Crippen LogP contribution in [0.1, 0.15) is 25.3 Å². The fourth-order valence-corrected chi connectivity index (χ4v) is 2.01. The number of halogens is 3. The van der Waals surface area contributed by atoms with Crippen LogP contribution in [0.4, 0.5) is 19.0 Å². The van der Waals surface area contributed by atoms with Gasteiger partial charge in [-0.15, -0.1) is 0 Å². The summed E-state index contributed by atoms with van der Waals surface area (Å²) in [5, 5.41) is 0. The summed E-state index contributed by atoms with van der Waals surface area (Å²) in [6.07, 6.45) is -1.03. The van der Waals surface area contributed by atoms with E-state index in [2.05, 4.69) is 11.9 Å². The van der Waals surface area contributed by atoms with E-state index >= 15 is 0 Å². The molecule has 5 heteroatoms. The third-order valence-electron chi connectivity index (χ3n) is 3.18. The first-order chi connectivity index (χ1) is 7.97. The van der Waals surface area contributed by atoms with Gasteiger partial charge in [0.25, 0.3) is 0 Å². The fraction of sp³-hybridized carbons (Fsp3) is 0.583. The van der Waals surface area contributed by atoms with E-state index in [1.54, 1.807) is 0 Å². The minimum absolute atomic E-state index is 0.437. The molecule has 1 aliphatic rings. The molecule has 1 aromatic heterocycles. The van der Waals surface area contributed by atoms with Crippen LogP contribution in [0.25, 0.3) is 0 Å². The zero-order valence-corrected chi connectivity index (χ0v) is 9.67. The molecule has 17 heavy (non-hydrogen) atoms. The molecule has 0 saturated carbocycles. The zero-order valence-electron chi connectivity index (χ0n) is 9.67. The topological polar surface area (TPSA) is 16.1 Å². The van der Waals surface area contributed by atoms with Gasteiger partial charge in [-0.2, -0.15) is 13.2 Å². The Morgan fingerprint density at radius 1 is 1.29 bits per heavy atom. The molecule has 0 radical (unpaired) electrons. The van der Waals surface area contributed by atoms with Gasteiger partial charge in [0, 0.05) is 19.3 Å². The Hall–Kier alpha value is -1.26. The molecule has 0 N–H and O–H groups in total. The molecule has 2 heterocycles. The van der Waals surface area contributed by atoms with Gasteiger partial charge < -0.3 is 4.90 Å². The van der Waals surface area contributed by atoms with Crippen molar-refractivity contribution < 1.29 is 13.2 Å². The van der Waals surface area contributed by atoms with Gasteiger partial charge in [0.1, 0.15) is 5.82 Å². The first kappa shape index (κ1) is 12.2. The van der Waals surface area contributed by atoms with E-state index < -0.39 is 11.7 Å². The van der Waals surface area contributed by atoms with Gasteiger partial charge in [0.15, 0.2) is 0 Å². The van der Waals surface area contributed by atoms with Crippen LogP contribution >= 0.6 is 0 Å². The van der Waals surface area contributed by atoms with E-state index in [0.717, 1.165) is 38.1 Å². The first-order valence-corrected chi connectivity index (χ1v) is 5.75. The lowest BCUT2D eigenvalue weighted by atomic mass is 9.99. The number of nitrogens with zero attached hydrogens (tertiary/aromatic N) is 2. The smallest absolute Gasteiger partial charge is 0.357 e. The number of aromatic nitrogens is 1. The molecule has 2 rings (SSSR count). The van der Waals surface area contributed by atoms with E-state index in [1.165, 1.54) is 6.20 Å². The van der Waals surface area contributed by atoms with Crippen molar-refractivity contribution >= 4 is 5.82 Å². The highest BCUT2D eigenvalue weighted by Crippen LogP contribution is 2.31. The number of hydrogen-bond donors (Lipinski definition) is 0. The summed E-state index contributed by atoms with van der Waals surface area (Å²) in [5.74, 6) is 1.09. The van der Waals surface area contributed by atoms with E-state index in [9.17, 15) is 13.2 Å². The Bertz CT molecular complexity index is 382. The summed E-state index contributed by atoms with van der Waals surface area (Å²) in [7, 11) is 0. The largest absolute Gasteiger partial charge is 0.416 e. The average molecular weight is 244 g/mol. The molecule has 94 valence electrons. The van der Waals surface area contributed by atoms with Crippen LogP contribution < -0.4 is 4.90 Å². The van der Waals surface area contributed by atoms with Gasteiger partial charge in [0.05, 0.1) is 5.56 Å². The molecule has 1 aromatic rings. The summed E-state index contributed by atoms with van der Waals surface area (Å²) >= 11 is 0. The highest BCUT2D eigenvalue weighted by molar-refractivity contribution is 5.42. The van der Waals surface area contributed by atoms with E-state index in [-0.39, 0.29) is 0 Å². The molecule has 2 nitrogen and oxygen atoms in total. The maximum atomic E-state index is 12.6. The summed E-state index contributed by atoms with van der Waals surface area (Å²) in [6.45, 7) is 3.74. The van der Waals surface area contributed by atoms with Crippen LogP contribution in [0.3, 0.4) is 0 Å². The molecule has 0 amide bonds. The Labute approximate surface area is 98.5 Å². The summed E-state index contributed by atoms with van der Waals surface area (Å²) in [4.78, 5) is 5.95. The van der Waals surface area contributed by atoms with Crippen LogP contribution in [-0.2, 0) is 6.18 Å². The lowest BCUT2D eigenvalue weighted by Gasteiger charge is -2.31. The van der Waals surface area contributed by atoms with Crippen LogP contribution in [0.5, 0.6) is 0 Å². The highest BCUT2D eigenvalue weighted by Gasteiger charge is 2.31. The molecule has 1 fully saturated rings. The lowest BCUT2D eigenvalue weighted by Crippen LogP contribution is -2.33. The second-order valence-corrected chi connectivity index (χ2v) is 4.57. The number of piperidine rings is 1. The van der Waals surface area contributed by atoms with Crippen molar-refractivity contribution in [3.63, 3.8) is 0 Å². The molecule has 1 saturated heterocycles. The average Bonchev–Trinajstić information content (AvgIpc) is 2.29. The molecular weight excluding hydrogens is 229 g/mol. The van der Waals surface area contributed by atoms with Crippen LogP contribution in [-0.4, -0.2) is 18.1 Å². The van der Waals surface area contributed by atoms with Gasteiger partial charge in [-0.1, -0.05) is 6.92 Å². The third-order valence-corrected chi connectivity index (χ3v) is 3.18. The van der Waals surface area contributed by atoms with E-state index in [1.807, 2.05) is 4.90 Å². The molecule has 0 aromatic carbocycles. The normalized spacial score (nSPS) is 18.5. The van der Waals surface area contributed by atoms with Crippen LogP contribution in [0.2, 0.25) is 0 Å². The zero-order chi connectivity index (χ0) is 12.5. The predicted octanol–water partition coefficient (Wildman–Crippen LogP) is 3.34. The number of anilines is 1. The minimum Gasteiger partial charge on any atom is -0.357 e. The molecule has 1 aliphatic heterocycles. The minimum atomic E-state index is -4.29. The third kappa shape index (κ3) is 2.90. The van der Waals surface area contributed by atoms with Crippen molar-refractivity contribution in [3.8, 4) is 0 Å². The highest BCUT2D eigenvalue weighted by atomic mass is 19.4. The quantitative estimate of drug-likeness (QED) is 0.753. The van der Waals surface area contributed by atoms with Crippen molar-refractivity contribution in [1.29, 1.82) is 0 Å². The van der Waals surface area contributed by atoms with Gasteiger partial charge in [-0.05, 0) is 30.9 Å². The Balaban J connectivity index is 2.16. The van der Waals surface area contributed by atoms with Gasteiger partial charge in [0.2, 0.25) is 0 Å². The first-order valence-electron chi connectivity index (χ1n) is 5.75. The van der Waals surface area contributed by atoms with Crippen molar-refractivity contribution in [1.82, 2.24) is 4.98 Å². The standard InChI is InChI=1S/C12H15F3N2/c1-9-3-6-17(7-4-9)11-8-10(2-5-16-11)12(13,14)15/h2,5,8-9H,3-4,6-7H2,1H3. The maximum absolute atomic E-state index is 12.6. The predicted molar refractivity (Wildman–Crippen MR) is 59.9 cm³/mol. The number of hydrogen-bond acceptors (Lipinski definition) is 2. The Morgan fingerprint density at radius 3 is 2.53 bits per heavy atom. The SMILES string of the molecule is CC1CCN(c2cc(C(F)(F)F)ccn2)CC1. The molecule has 0 aliphatic carbocycles. The fourth-order valence-electron chi connectivity index (χ4n) is 2.01. The molecular formula is C12H15F3N2. The second kappa shape index (κ2) is 4.55. The van der Waals surface area contributed by atoms with Crippen molar-refractivity contribution in [3.05, 3.63) is 23.9 Å². The van der Waals surface area contributed by atoms with E-state index in [0.29, 0.717) is 11.7 Å². The molecule has 0 spiro atoms. The van der Waals surface area contributed by atoms with Gasteiger partial charge in [-0.3, -0.25) is 0 Å². The van der Waals surface area contributed by atoms with Crippen molar-refractivity contribution in [2.75, 3.05) is 18.0 Å². The van der Waals surface area contributed by atoms with E-state index in [4.69, 9.17) is 0 Å². The summed E-state index contributed by atoms with van der Waals surface area (Å²) in [5.41, 5.74) is -0.624.